The van der Waals surface area contributed by atoms with Gasteiger partial charge in [0.05, 0.1) is 35.0 Å². The molecular weight excluding hydrogens is 709 g/mol. The van der Waals surface area contributed by atoms with Crippen molar-refractivity contribution in [3.05, 3.63) is 71.4 Å². The standard InChI is InChI=1S/C40H46N6O2.C5H12.2CH5N/c1-5-25-18-36(45(21-25)22-47)39-41-20-34(43-39)32-14-13-28(30-7-6-8-31(30)32)26-10-12-29-27(19-26)11-15-33-38(29)44-40(42-33)35-16-9-24(4)46(35)37(48)17-23(2)3;1-4-5(2)3;2*1-2/h10-15,19-20,22-25,35-36H,5-9,16-18,21H2,1-4H3,(H,41,43)(H,42,44);5H,4H2,1-3H3;2*2H2,1H3. The smallest absolute Gasteiger partial charge is 0.223 e. The molecule has 0 radical (unpaired) electrons. The maximum Gasteiger partial charge on any atom is 0.223 e. The van der Waals surface area contributed by atoms with E-state index in [1.807, 2.05) is 11.1 Å². The molecule has 10 heteroatoms. The second-order valence-electron chi connectivity index (χ2n) is 16.6. The summed E-state index contributed by atoms with van der Waals surface area (Å²) in [6.45, 7) is 16.0. The minimum atomic E-state index is -0.00426. The van der Waals surface area contributed by atoms with Crippen molar-refractivity contribution >= 4 is 34.1 Å². The van der Waals surface area contributed by atoms with E-state index >= 15 is 0 Å². The highest BCUT2D eigenvalue weighted by atomic mass is 16.2. The summed E-state index contributed by atoms with van der Waals surface area (Å²) in [4.78, 5) is 46.1. The van der Waals surface area contributed by atoms with Gasteiger partial charge < -0.3 is 31.2 Å². The number of nitrogens with zero attached hydrogens (tertiary/aromatic N) is 4. The molecule has 3 aliphatic rings. The van der Waals surface area contributed by atoms with Crippen LogP contribution in [-0.2, 0) is 22.4 Å². The van der Waals surface area contributed by atoms with Gasteiger partial charge in [0.25, 0.3) is 0 Å². The average Bonchev–Trinajstić information content (AvgIpc) is 4.08. The van der Waals surface area contributed by atoms with E-state index in [0.717, 1.165) is 97.6 Å². The fraction of sp³-hybridized carbons (Fsp3) is 0.532. The molecule has 2 amide bonds. The van der Waals surface area contributed by atoms with Crippen LogP contribution in [0.4, 0.5) is 0 Å². The summed E-state index contributed by atoms with van der Waals surface area (Å²) in [6.07, 6.45) is 12.0. The molecule has 4 unspecified atom stereocenters. The molecule has 0 spiro atoms. The van der Waals surface area contributed by atoms with Crippen molar-refractivity contribution in [2.45, 2.75) is 124 Å². The predicted octanol–water partition coefficient (Wildman–Crippen LogP) is 9.49. The SMILES string of the molecule is CCC(C)C.CCC1CC(c2ncc(-c3ccc(-c4ccc5c(ccc6[nH]c(C7CCC(C)N7C(=O)CC(C)C)nc65)c4)c4c3CCC4)[nH]2)N(C=O)C1.CN.CN. The Morgan fingerprint density at radius 1 is 0.895 bits per heavy atom. The van der Waals surface area contributed by atoms with E-state index < -0.39 is 0 Å². The molecule has 4 heterocycles. The Hall–Kier alpha value is -4.54. The summed E-state index contributed by atoms with van der Waals surface area (Å²) >= 11 is 0. The molecule has 0 bridgehead atoms. The molecule has 2 saturated heterocycles. The molecule has 5 aromatic rings. The molecule has 6 N–H and O–H groups in total. The number of carbonyl (C=O) groups excluding carboxylic acids is 2. The van der Waals surface area contributed by atoms with Crippen molar-refractivity contribution in [3.8, 4) is 22.4 Å². The van der Waals surface area contributed by atoms with Crippen LogP contribution >= 0.6 is 0 Å². The van der Waals surface area contributed by atoms with Gasteiger partial charge in [0.15, 0.2) is 0 Å². The van der Waals surface area contributed by atoms with Crippen LogP contribution in [0.5, 0.6) is 0 Å². The van der Waals surface area contributed by atoms with Crippen molar-refractivity contribution < 1.29 is 9.59 Å². The number of hydrogen-bond donors (Lipinski definition) is 4. The van der Waals surface area contributed by atoms with Crippen molar-refractivity contribution in [1.82, 2.24) is 29.7 Å². The quantitative estimate of drug-likeness (QED) is 0.110. The lowest BCUT2D eigenvalue weighted by Gasteiger charge is -2.28. The highest BCUT2D eigenvalue weighted by Crippen LogP contribution is 2.42. The van der Waals surface area contributed by atoms with E-state index in [4.69, 9.17) is 9.97 Å². The van der Waals surface area contributed by atoms with Gasteiger partial charge in [-0.05, 0) is 117 Å². The zero-order valence-electron chi connectivity index (χ0n) is 36.0. The predicted molar refractivity (Wildman–Crippen MR) is 236 cm³/mol. The van der Waals surface area contributed by atoms with Crippen LogP contribution in [0.2, 0.25) is 0 Å². The number of nitrogens with two attached hydrogens (primary N) is 2. The molecule has 4 atom stereocenters. The first kappa shape index (κ1) is 43.6. The van der Waals surface area contributed by atoms with Crippen LogP contribution in [0.3, 0.4) is 0 Å². The number of benzene rings is 3. The second kappa shape index (κ2) is 19.7. The first-order chi connectivity index (χ1) is 27.6. The van der Waals surface area contributed by atoms with E-state index in [1.54, 1.807) is 0 Å². The number of imidazole rings is 2. The van der Waals surface area contributed by atoms with Gasteiger partial charge in [0.1, 0.15) is 11.6 Å². The lowest BCUT2D eigenvalue weighted by molar-refractivity contribution is -0.134. The number of H-pyrrole nitrogens is 2. The average molecular weight is 777 g/mol. The zero-order chi connectivity index (χ0) is 41.4. The molecule has 308 valence electrons. The second-order valence-corrected chi connectivity index (χ2v) is 16.6. The van der Waals surface area contributed by atoms with Crippen LogP contribution in [0.1, 0.15) is 128 Å². The lowest BCUT2D eigenvalue weighted by Crippen LogP contribution is -2.36. The summed E-state index contributed by atoms with van der Waals surface area (Å²) < 4.78 is 0. The zero-order valence-corrected chi connectivity index (χ0v) is 36.0. The third kappa shape index (κ3) is 9.28. The monoisotopic (exact) mass is 777 g/mol. The van der Waals surface area contributed by atoms with Gasteiger partial charge in [0, 0.05) is 30.0 Å². The van der Waals surface area contributed by atoms with E-state index in [1.165, 1.54) is 53.7 Å². The molecule has 2 aromatic heterocycles. The maximum absolute atomic E-state index is 13.2. The number of nitrogens with one attached hydrogen (secondary N) is 2. The Balaban J connectivity index is 0.000000633. The van der Waals surface area contributed by atoms with Gasteiger partial charge in [0.2, 0.25) is 12.3 Å². The van der Waals surface area contributed by atoms with Crippen molar-refractivity contribution in [2.24, 2.45) is 29.2 Å². The summed E-state index contributed by atoms with van der Waals surface area (Å²) in [6, 6.07) is 15.9. The Morgan fingerprint density at radius 2 is 1.60 bits per heavy atom. The molecule has 10 nitrogen and oxygen atoms in total. The summed E-state index contributed by atoms with van der Waals surface area (Å²) in [5.74, 6) is 3.76. The van der Waals surface area contributed by atoms with Crippen molar-refractivity contribution in [2.75, 3.05) is 20.6 Å². The van der Waals surface area contributed by atoms with Crippen molar-refractivity contribution in [3.63, 3.8) is 0 Å². The molecule has 2 fully saturated rings. The largest absolute Gasteiger partial charge is 0.340 e. The summed E-state index contributed by atoms with van der Waals surface area (Å²) in [7, 11) is 3.00. The van der Waals surface area contributed by atoms with Crippen LogP contribution < -0.4 is 11.5 Å². The molecule has 57 heavy (non-hydrogen) atoms. The topological polar surface area (TPSA) is 150 Å². The molecule has 1 aliphatic carbocycles. The van der Waals surface area contributed by atoms with E-state index in [0.29, 0.717) is 18.3 Å². The normalized spacial score (nSPS) is 19.9. The van der Waals surface area contributed by atoms with Crippen LogP contribution in [0.15, 0.2) is 48.7 Å². The third-order valence-corrected chi connectivity index (χ3v) is 12.1. The molecule has 3 aromatic carbocycles. The number of likely N-dealkylation sites (tertiary alicyclic amines) is 2. The lowest BCUT2D eigenvalue weighted by atomic mass is 9.91. The number of carbonyl (C=O) groups is 2. The Bertz CT molecular complexity index is 2100. The van der Waals surface area contributed by atoms with Crippen LogP contribution in [0.25, 0.3) is 44.2 Å². The van der Waals surface area contributed by atoms with Gasteiger partial charge >= 0.3 is 0 Å². The summed E-state index contributed by atoms with van der Waals surface area (Å²) in [5, 5.41) is 2.30. The Labute approximate surface area is 340 Å². The van der Waals surface area contributed by atoms with Gasteiger partial charge in [-0.2, -0.15) is 0 Å². The van der Waals surface area contributed by atoms with Crippen LogP contribution in [-0.4, -0.2) is 68.7 Å². The number of hydrogen-bond acceptors (Lipinski definition) is 6. The van der Waals surface area contributed by atoms with Gasteiger partial charge in [-0.1, -0.05) is 84.7 Å². The first-order valence-corrected chi connectivity index (χ1v) is 21.4. The minimum absolute atomic E-state index is 0.00426. The minimum Gasteiger partial charge on any atom is -0.340 e. The maximum atomic E-state index is 13.2. The van der Waals surface area contributed by atoms with Crippen molar-refractivity contribution in [1.29, 1.82) is 0 Å². The molecule has 8 rings (SSSR count). The highest BCUT2D eigenvalue weighted by Gasteiger charge is 2.37. The van der Waals surface area contributed by atoms with E-state index in [2.05, 4.69) is 117 Å². The summed E-state index contributed by atoms with van der Waals surface area (Å²) in [5.41, 5.74) is 18.6. The van der Waals surface area contributed by atoms with Gasteiger partial charge in [-0.15, -0.1) is 0 Å². The number of aromatic amines is 2. The fourth-order valence-electron chi connectivity index (χ4n) is 8.78. The Morgan fingerprint density at radius 3 is 2.26 bits per heavy atom. The number of rotatable bonds is 9. The number of amides is 2. The fourth-order valence-corrected chi connectivity index (χ4v) is 8.78. The molecular formula is C47H68N8O2. The van der Waals surface area contributed by atoms with E-state index in [9.17, 15) is 9.59 Å². The van der Waals surface area contributed by atoms with Crippen LogP contribution in [0, 0.1) is 17.8 Å². The number of aromatic nitrogens is 4. The molecule has 2 aliphatic heterocycles. The number of fused-ring (bicyclic) bond motifs is 4. The highest BCUT2D eigenvalue weighted by molar-refractivity contribution is 6.05. The van der Waals surface area contributed by atoms with E-state index in [-0.39, 0.29) is 24.0 Å². The van der Waals surface area contributed by atoms with Gasteiger partial charge in [-0.25, -0.2) is 9.97 Å². The molecule has 0 saturated carbocycles. The first-order valence-electron chi connectivity index (χ1n) is 21.4. The third-order valence-electron chi connectivity index (χ3n) is 12.1. The van der Waals surface area contributed by atoms with Gasteiger partial charge in [-0.3, -0.25) is 9.59 Å². The Kier molecular flexibility index (Phi) is 15.1.